The Bertz CT molecular complexity index is 195. The maximum atomic E-state index is 10.3. The second-order valence-electron chi connectivity index (χ2n) is 5.37. The van der Waals surface area contributed by atoms with Gasteiger partial charge in [-0.1, -0.05) is 26.8 Å². The molecule has 2 atom stereocenters. The fraction of sp³-hybridized carbons (Fsp3) is 0.833. The molecule has 1 aliphatic carbocycles. The van der Waals surface area contributed by atoms with Gasteiger partial charge in [-0.25, -0.2) is 0 Å². The molecule has 1 nitrogen and oxygen atoms in total. The first-order valence-electron chi connectivity index (χ1n) is 5.23. The summed E-state index contributed by atoms with van der Waals surface area (Å²) in [4.78, 5) is 0. The minimum Gasteiger partial charge on any atom is -0.389 e. The third-order valence-corrected chi connectivity index (χ3v) is 3.51. The van der Waals surface area contributed by atoms with Gasteiger partial charge in [0, 0.05) is 0 Å². The molecular weight excluding hydrogens is 160 g/mol. The van der Waals surface area contributed by atoms with E-state index in [-0.39, 0.29) is 0 Å². The summed E-state index contributed by atoms with van der Waals surface area (Å²) in [6.45, 7) is 10.4. The van der Waals surface area contributed by atoms with Crippen LogP contribution in [0.2, 0.25) is 0 Å². The number of hydrogen-bond acceptors (Lipinski definition) is 1. The molecule has 0 radical (unpaired) electrons. The van der Waals surface area contributed by atoms with Crippen molar-refractivity contribution in [1.29, 1.82) is 0 Å². The molecule has 1 saturated carbocycles. The average molecular weight is 182 g/mol. The summed E-state index contributed by atoms with van der Waals surface area (Å²) in [7, 11) is 0. The van der Waals surface area contributed by atoms with Gasteiger partial charge in [0.25, 0.3) is 0 Å². The molecule has 76 valence electrons. The summed E-state index contributed by atoms with van der Waals surface area (Å²) in [6.07, 6.45) is 5.76. The van der Waals surface area contributed by atoms with E-state index in [0.717, 1.165) is 25.7 Å². The molecule has 0 saturated heterocycles. The summed E-state index contributed by atoms with van der Waals surface area (Å²) < 4.78 is 0. The van der Waals surface area contributed by atoms with Crippen molar-refractivity contribution >= 4 is 0 Å². The third kappa shape index (κ3) is 2.34. The zero-order valence-corrected chi connectivity index (χ0v) is 9.14. The lowest BCUT2D eigenvalue weighted by Gasteiger charge is -2.45. The SMILES string of the molecule is C=CCC1(O)CCC(C)(C)CC1C. The molecule has 2 unspecified atom stereocenters. The quantitative estimate of drug-likeness (QED) is 0.650. The molecule has 0 heterocycles. The van der Waals surface area contributed by atoms with Crippen molar-refractivity contribution < 1.29 is 5.11 Å². The van der Waals surface area contributed by atoms with Crippen LogP contribution in [-0.2, 0) is 0 Å². The van der Waals surface area contributed by atoms with E-state index in [1.54, 1.807) is 0 Å². The second-order valence-corrected chi connectivity index (χ2v) is 5.37. The lowest BCUT2D eigenvalue weighted by molar-refractivity contribution is -0.0684. The van der Waals surface area contributed by atoms with Gasteiger partial charge >= 0.3 is 0 Å². The second kappa shape index (κ2) is 3.45. The van der Waals surface area contributed by atoms with Crippen molar-refractivity contribution in [2.75, 3.05) is 0 Å². The minimum absolute atomic E-state index is 0.397. The Hall–Kier alpha value is -0.300. The molecule has 1 aliphatic rings. The van der Waals surface area contributed by atoms with Crippen molar-refractivity contribution in [3.05, 3.63) is 12.7 Å². The summed E-state index contributed by atoms with van der Waals surface area (Å²) in [5.74, 6) is 0.397. The molecule has 13 heavy (non-hydrogen) atoms. The van der Waals surface area contributed by atoms with Gasteiger partial charge in [0.05, 0.1) is 5.60 Å². The maximum absolute atomic E-state index is 10.3. The van der Waals surface area contributed by atoms with E-state index in [9.17, 15) is 5.11 Å². The van der Waals surface area contributed by atoms with Crippen LogP contribution in [0.15, 0.2) is 12.7 Å². The highest BCUT2D eigenvalue weighted by Crippen LogP contribution is 2.45. The molecule has 0 aromatic heterocycles. The van der Waals surface area contributed by atoms with E-state index in [2.05, 4.69) is 27.4 Å². The normalized spacial score (nSPS) is 38.6. The molecular formula is C12H22O. The highest BCUT2D eigenvalue weighted by Gasteiger charge is 2.41. The zero-order valence-electron chi connectivity index (χ0n) is 9.14. The highest BCUT2D eigenvalue weighted by molar-refractivity contribution is 4.97. The number of aliphatic hydroxyl groups is 1. The van der Waals surface area contributed by atoms with Gasteiger partial charge in [0.15, 0.2) is 0 Å². The van der Waals surface area contributed by atoms with Crippen molar-refractivity contribution in [2.24, 2.45) is 11.3 Å². The van der Waals surface area contributed by atoms with Crippen LogP contribution in [0.4, 0.5) is 0 Å². The average Bonchev–Trinajstić information content (AvgIpc) is 1.99. The van der Waals surface area contributed by atoms with Gasteiger partial charge in [-0.05, 0) is 37.0 Å². The van der Waals surface area contributed by atoms with Crippen LogP contribution in [0, 0.1) is 11.3 Å². The molecule has 0 aliphatic heterocycles. The van der Waals surface area contributed by atoms with Crippen molar-refractivity contribution in [1.82, 2.24) is 0 Å². The van der Waals surface area contributed by atoms with Crippen LogP contribution in [0.1, 0.15) is 46.5 Å². The molecule has 1 fully saturated rings. The van der Waals surface area contributed by atoms with Gasteiger partial charge in [0.1, 0.15) is 0 Å². The first-order valence-corrected chi connectivity index (χ1v) is 5.23. The lowest BCUT2D eigenvalue weighted by Crippen LogP contribution is -2.43. The first kappa shape index (κ1) is 10.8. The predicted molar refractivity (Wildman–Crippen MR) is 56.6 cm³/mol. The molecule has 0 aromatic carbocycles. The Kier molecular flexibility index (Phi) is 2.86. The Balaban J connectivity index is 2.67. The molecule has 0 amide bonds. The van der Waals surface area contributed by atoms with E-state index >= 15 is 0 Å². The fourth-order valence-electron chi connectivity index (χ4n) is 2.48. The van der Waals surface area contributed by atoms with Crippen molar-refractivity contribution in [3.8, 4) is 0 Å². The van der Waals surface area contributed by atoms with Gasteiger partial charge < -0.3 is 5.11 Å². The zero-order chi connectivity index (χ0) is 10.1. The monoisotopic (exact) mass is 182 g/mol. The number of hydrogen-bond donors (Lipinski definition) is 1. The van der Waals surface area contributed by atoms with Crippen molar-refractivity contribution in [3.63, 3.8) is 0 Å². The van der Waals surface area contributed by atoms with Gasteiger partial charge in [-0.3, -0.25) is 0 Å². The van der Waals surface area contributed by atoms with Crippen LogP contribution < -0.4 is 0 Å². The van der Waals surface area contributed by atoms with E-state index in [4.69, 9.17) is 0 Å². The van der Waals surface area contributed by atoms with Crippen LogP contribution in [0.25, 0.3) is 0 Å². The summed E-state index contributed by atoms with van der Waals surface area (Å²) in [6, 6.07) is 0. The molecule has 0 spiro atoms. The van der Waals surface area contributed by atoms with E-state index in [0.29, 0.717) is 11.3 Å². The summed E-state index contributed by atoms with van der Waals surface area (Å²) in [5, 5.41) is 10.3. The Labute approximate surface area is 81.9 Å². The van der Waals surface area contributed by atoms with E-state index in [1.807, 2.05) is 6.08 Å². The predicted octanol–water partition coefficient (Wildman–Crippen LogP) is 3.14. The topological polar surface area (TPSA) is 20.2 Å². The molecule has 1 rings (SSSR count). The maximum Gasteiger partial charge on any atom is 0.0707 e. The number of rotatable bonds is 2. The van der Waals surface area contributed by atoms with E-state index in [1.165, 1.54) is 0 Å². The van der Waals surface area contributed by atoms with Gasteiger partial charge in [-0.2, -0.15) is 0 Å². The molecule has 1 N–H and O–H groups in total. The Morgan fingerprint density at radius 2 is 2.08 bits per heavy atom. The van der Waals surface area contributed by atoms with Crippen LogP contribution in [0.5, 0.6) is 0 Å². The summed E-state index contributed by atoms with van der Waals surface area (Å²) >= 11 is 0. The molecule has 1 heteroatoms. The van der Waals surface area contributed by atoms with E-state index < -0.39 is 5.60 Å². The third-order valence-electron chi connectivity index (χ3n) is 3.51. The lowest BCUT2D eigenvalue weighted by atomic mass is 9.64. The smallest absolute Gasteiger partial charge is 0.0707 e. The Morgan fingerprint density at radius 3 is 2.54 bits per heavy atom. The van der Waals surface area contributed by atoms with Gasteiger partial charge in [0.2, 0.25) is 0 Å². The first-order chi connectivity index (χ1) is 5.90. The van der Waals surface area contributed by atoms with Crippen LogP contribution >= 0.6 is 0 Å². The largest absolute Gasteiger partial charge is 0.389 e. The molecule has 0 aromatic rings. The van der Waals surface area contributed by atoms with Crippen LogP contribution in [0.3, 0.4) is 0 Å². The van der Waals surface area contributed by atoms with Crippen molar-refractivity contribution in [2.45, 2.75) is 52.1 Å². The molecule has 0 bridgehead atoms. The minimum atomic E-state index is -0.475. The standard InChI is InChI=1S/C12H22O/c1-5-6-12(13)8-7-11(3,4)9-10(12)2/h5,10,13H,1,6-9H2,2-4H3. The Morgan fingerprint density at radius 1 is 1.46 bits per heavy atom. The fourth-order valence-corrected chi connectivity index (χ4v) is 2.48. The van der Waals surface area contributed by atoms with Gasteiger partial charge in [-0.15, -0.1) is 6.58 Å². The highest BCUT2D eigenvalue weighted by atomic mass is 16.3. The van der Waals surface area contributed by atoms with Crippen LogP contribution in [-0.4, -0.2) is 10.7 Å². The summed E-state index contributed by atoms with van der Waals surface area (Å²) in [5.41, 5.74) is -0.0654.